The molecule has 2 unspecified atom stereocenters. The molecule has 1 aromatic rings. The second-order valence-corrected chi connectivity index (χ2v) is 7.27. The van der Waals surface area contributed by atoms with E-state index in [1.54, 1.807) is 0 Å². The molecular weight excluding hydrogens is 244 g/mol. The van der Waals surface area contributed by atoms with Crippen molar-refractivity contribution in [2.24, 2.45) is 5.92 Å². The number of likely N-dealkylation sites (tertiary alicyclic amines) is 1. The molecule has 1 aromatic carbocycles. The number of hydrogen-bond acceptors (Lipinski definition) is 2. The summed E-state index contributed by atoms with van der Waals surface area (Å²) in [6, 6.07) is 9.57. The van der Waals surface area contributed by atoms with E-state index in [2.05, 4.69) is 29.2 Å². The summed E-state index contributed by atoms with van der Waals surface area (Å²) in [5, 5.41) is 0. The third-order valence-electron chi connectivity index (χ3n) is 5.99. The van der Waals surface area contributed by atoms with Crippen LogP contribution in [-0.2, 0) is 5.41 Å². The molecule has 2 saturated carbocycles. The number of benzene rings is 1. The lowest BCUT2D eigenvalue weighted by Gasteiger charge is -2.40. The van der Waals surface area contributed by atoms with Gasteiger partial charge < -0.3 is 5.73 Å². The zero-order chi connectivity index (χ0) is 13.6. The molecule has 4 rings (SSSR count). The molecule has 2 atom stereocenters. The van der Waals surface area contributed by atoms with Crippen molar-refractivity contribution < 1.29 is 0 Å². The lowest BCUT2D eigenvalue weighted by molar-refractivity contribution is 0.102. The lowest BCUT2D eigenvalue weighted by atomic mass is 9.88. The Morgan fingerprint density at radius 1 is 1.05 bits per heavy atom. The van der Waals surface area contributed by atoms with Gasteiger partial charge in [0.25, 0.3) is 0 Å². The smallest absolute Gasteiger partial charge is 0.0314 e. The molecule has 108 valence electrons. The molecule has 0 aromatic heterocycles. The van der Waals surface area contributed by atoms with Crippen LogP contribution in [0.1, 0.15) is 50.5 Å². The summed E-state index contributed by atoms with van der Waals surface area (Å²) < 4.78 is 0. The van der Waals surface area contributed by atoms with Crippen LogP contribution in [0.15, 0.2) is 24.3 Å². The van der Waals surface area contributed by atoms with Gasteiger partial charge in [-0.3, -0.25) is 4.90 Å². The van der Waals surface area contributed by atoms with E-state index in [4.69, 9.17) is 5.73 Å². The maximum atomic E-state index is 5.83. The number of piperidine rings is 1. The molecule has 0 bridgehead atoms. The zero-order valence-electron chi connectivity index (χ0n) is 12.4. The van der Waals surface area contributed by atoms with Gasteiger partial charge in [0.05, 0.1) is 0 Å². The maximum absolute atomic E-state index is 5.83. The molecule has 1 saturated heterocycles. The number of nitrogens with two attached hydrogens (primary N) is 1. The van der Waals surface area contributed by atoms with E-state index in [1.807, 2.05) is 0 Å². The van der Waals surface area contributed by atoms with E-state index in [1.165, 1.54) is 63.6 Å². The van der Waals surface area contributed by atoms with E-state index < -0.39 is 0 Å². The molecular formula is C18H26N2. The molecule has 2 aliphatic carbocycles. The molecule has 3 fully saturated rings. The highest BCUT2D eigenvalue weighted by Crippen LogP contribution is 2.50. The standard InChI is InChI=1S/C18H26N2/c19-16-8-6-15(7-9-16)18(10-11-18)13-20-12-2-4-14-3-1-5-17(14)20/h6-9,14,17H,1-5,10-13,19H2. The summed E-state index contributed by atoms with van der Waals surface area (Å²) in [4.78, 5) is 2.84. The van der Waals surface area contributed by atoms with Gasteiger partial charge in [-0.15, -0.1) is 0 Å². The molecule has 2 N–H and O–H groups in total. The van der Waals surface area contributed by atoms with E-state index in [0.29, 0.717) is 5.41 Å². The molecule has 0 spiro atoms. The second-order valence-electron chi connectivity index (χ2n) is 7.27. The second kappa shape index (κ2) is 4.77. The fourth-order valence-corrected chi connectivity index (χ4v) is 4.67. The number of fused-ring (bicyclic) bond motifs is 1. The summed E-state index contributed by atoms with van der Waals surface area (Å²) >= 11 is 0. The third kappa shape index (κ3) is 2.14. The Morgan fingerprint density at radius 2 is 1.80 bits per heavy atom. The average Bonchev–Trinajstić information content (AvgIpc) is 3.07. The largest absolute Gasteiger partial charge is 0.399 e. The normalized spacial score (nSPS) is 32.0. The minimum atomic E-state index is 0.457. The molecule has 1 heterocycles. The van der Waals surface area contributed by atoms with Gasteiger partial charge in [0.15, 0.2) is 0 Å². The van der Waals surface area contributed by atoms with E-state index in [0.717, 1.165) is 17.6 Å². The number of hydrogen-bond donors (Lipinski definition) is 1. The Hall–Kier alpha value is -1.02. The first-order valence-corrected chi connectivity index (χ1v) is 8.37. The Bertz CT molecular complexity index is 475. The van der Waals surface area contributed by atoms with E-state index in [-0.39, 0.29) is 0 Å². The predicted molar refractivity (Wildman–Crippen MR) is 83.7 cm³/mol. The van der Waals surface area contributed by atoms with Gasteiger partial charge in [-0.2, -0.15) is 0 Å². The molecule has 2 nitrogen and oxygen atoms in total. The zero-order valence-corrected chi connectivity index (χ0v) is 12.4. The molecule has 0 radical (unpaired) electrons. The van der Waals surface area contributed by atoms with Crippen molar-refractivity contribution in [3.63, 3.8) is 0 Å². The highest BCUT2D eigenvalue weighted by atomic mass is 15.2. The third-order valence-corrected chi connectivity index (χ3v) is 5.99. The van der Waals surface area contributed by atoms with Crippen molar-refractivity contribution in [3.8, 4) is 0 Å². The van der Waals surface area contributed by atoms with Crippen molar-refractivity contribution in [1.29, 1.82) is 0 Å². The molecule has 1 aliphatic heterocycles. The summed E-state index contributed by atoms with van der Waals surface area (Å²) in [6.07, 6.45) is 10.0. The van der Waals surface area contributed by atoms with Crippen LogP contribution in [0.3, 0.4) is 0 Å². The van der Waals surface area contributed by atoms with Crippen LogP contribution in [0, 0.1) is 5.92 Å². The molecule has 0 amide bonds. The van der Waals surface area contributed by atoms with Crippen LogP contribution in [0.5, 0.6) is 0 Å². The topological polar surface area (TPSA) is 29.3 Å². The minimum absolute atomic E-state index is 0.457. The fraction of sp³-hybridized carbons (Fsp3) is 0.667. The maximum Gasteiger partial charge on any atom is 0.0314 e. The SMILES string of the molecule is Nc1ccc(C2(CN3CCCC4CCCC43)CC2)cc1. The van der Waals surface area contributed by atoms with Crippen molar-refractivity contribution >= 4 is 5.69 Å². The Kier molecular flexibility index (Phi) is 3.03. The van der Waals surface area contributed by atoms with Crippen molar-refractivity contribution in [1.82, 2.24) is 4.90 Å². The quantitative estimate of drug-likeness (QED) is 0.851. The van der Waals surface area contributed by atoms with Gasteiger partial charge in [0.1, 0.15) is 0 Å². The summed E-state index contributed by atoms with van der Waals surface area (Å²) in [6.45, 7) is 2.62. The van der Waals surface area contributed by atoms with Crippen molar-refractivity contribution in [2.45, 2.75) is 56.4 Å². The van der Waals surface area contributed by atoms with Gasteiger partial charge in [-0.05, 0) is 68.7 Å². The van der Waals surface area contributed by atoms with Crippen LogP contribution in [0.4, 0.5) is 5.69 Å². The molecule has 20 heavy (non-hydrogen) atoms. The van der Waals surface area contributed by atoms with Gasteiger partial charge in [0.2, 0.25) is 0 Å². The van der Waals surface area contributed by atoms with Gasteiger partial charge >= 0.3 is 0 Å². The van der Waals surface area contributed by atoms with E-state index in [9.17, 15) is 0 Å². The minimum Gasteiger partial charge on any atom is -0.399 e. The highest BCUT2D eigenvalue weighted by molar-refractivity contribution is 5.43. The first-order chi connectivity index (χ1) is 9.77. The Morgan fingerprint density at radius 3 is 2.55 bits per heavy atom. The summed E-state index contributed by atoms with van der Waals surface area (Å²) in [5.74, 6) is 1.01. The van der Waals surface area contributed by atoms with Crippen LogP contribution < -0.4 is 5.73 Å². The van der Waals surface area contributed by atoms with Gasteiger partial charge in [0, 0.05) is 23.7 Å². The van der Waals surface area contributed by atoms with Crippen LogP contribution in [-0.4, -0.2) is 24.0 Å². The lowest BCUT2D eigenvalue weighted by Crippen LogP contribution is -2.46. The van der Waals surface area contributed by atoms with Crippen molar-refractivity contribution in [2.75, 3.05) is 18.8 Å². The predicted octanol–water partition coefficient (Wildman–Crippen LogP) is 3.56. The van der Waals surface area contributed by atoms with Gasteiger partial charge in [-0.25, -0.2) is 0 Å². The summed E-state index contributed by atoms with van der Waals surface area (Å²) in [7, 11) is 0. The Labute approximate surface area is 122 Å². The first kappa shape index (κ1) is 12.7. The van der Waals surface area contributed by atoms with Gasteiger partial charge in [-0.1, -0.05) is 18.6 Å². The highest BCUT2D eigenvalue weighted by Gasteiger charge is 2.47. The van der Waals surface area contributed by atoms with Crippen LogP contribution in [0.25, 0.3) is 0 Å². The van der Waals surface area contributed by atoms with Crippen LogP contribution >= 0.6 is 0 Å². The average molecular weight is 270 g/mol. The van der Waals surface area contributed by atoms with Crippen molar-refractivity contribution in [3.05, 3.63) is 29.8 Å². The number of anilines is 1. The monoisotopic (exact) mass is 270 g/mol. The fourth-order valence-electron chi connectivity index (χ4n) is 4.67. The Balaban J connectivity index is 1.51. The molecule has 3 aliphatic rings. The van der Waals surface area contributed by atoms with Crippen LogP contribution in [0.2, 0.25) is 0 Å². The molecule has 2 heteroatoms. The number of nitrogen functional groups attached to an aromatic ring is 1. The first-order valence-electron chi connectivity index (χ1n) is 8.37. The summed E-state index contributed by atoms with van der Waals surface area (Å²) in [5.41, 5.74) is 8.70. The number of nitrogens with zero attached hydrogens (tertiary/aromatic N) is 1. The van der Waals surface area contributed by atoms with E-state index >= 15 is 0 Å². The number of rotatable bonds is 3.